The molecule has 1 saturated carbocycles. The van der Waals surface area contributed by atoms with Gasteiger partial charge in [0.1, 0.15) is 5.75 Å². The van der Waals surface area contributed by atoms with Gasteiger partial charge in [0.05, 0.1) is 17.9 Å². The molecule has 1 aromatic carbocycles. The number of hydrogen-bond donors (Lipinski definition) is 1. The number of carbonyl (C=O) groups excluding carboxylic acids is 1. The summed E-state index contributed by atoms with van der Waals surface area (Å²) in [6, 6.07) is 3.71. The van der Waals surface area contributed by atoms with Crippen LogP contribution in [0.2, 0.25) is 0 Å². The molecule has 0 spiro atoms. The number of piperidine rings is 1. The van der Waals surface area contributed by atoms with Crippen LogP contribution in [0.15, 0.2) is 17.0 Å². The first-order valence-electron chi connectivity index (χ1n) is 8.78. The van der Waals surface area contributed by atoms with Gasteiger partial charge < -0.3 is 10.1 Å². The second-order valence-corrected chi connectivity index (χ2v) is 8.98. The van der Waals surface area contributed by atoms with Crippen LogP contribution in [0.4, 0.5) is 0 Å². The van der Waals surface area contributed by atoms with Crippen LogP contribution >= 0.6 is 0 Å². The lowest BCUT2D eigenvalue weighted by molar-refractivity contribution is -0.126. The topological polar surface area (TPSA) is 75.7 Å². The zero-order valence-electron chi connectivity index (χ0n) is 15.0. The van der Waals surface area contributed by atoms with Gasteiger partial charge >= 0.3 is 0 Å². The third kappa shape index (κ3) is 3.82. The lowest BCUT2D eigenvalue weighted by Gasteiger charge is -2.31. The molecule has 7 heteroatoms. The van der Waals surface area contributed by atoms with Crippen molar-refractivity contribution in [3.05, 3.63) is 23.3 Å². The smallest absolute Gasteiger partial charge is 0.243 e. The van der Waals surface area contributed by atoms with Crippen molar-refractivity contribution >= 4 is 15.9 Å². The van der Waals surface area contributed by atoms with E-state index in [1.54, 1.807) is 26.2 Å². The fourth-order valence-corrected chi connectivity index (χ4v) is 5.14. The summed E-state index contributed by atoms with van der Waals surface area (Å²) in [6.07, 6.45) is 3.51. The Labute approximate surface area is 149 Å². The van der Waals surface area contributed by atoms with Crippen molar-refractivity contribution in [2.75, 3.05) is 20.2 Å². The average Bonchev–Trinajstić information content (AvgIpc) is 3.40. The number of methoxy groups -OCH3 is 1. The van der Waals surface area contributed by atoms with Crippen LogP contribution in [-0.4, -0.2) is 44.9 Å². The summed E-state index contributed by atoms with van der Waals surface area (Å²) in [6.45, 7) is 4.32. The Hall–Kier alpha value is -1.60. The van der Waals surface area contributed by atoms with Crippen molar-refractivity contribution in [3.8, 4) is 5.75 Å². The number of ether oxygens (including phenoxy) is 1. The van der Waals surface area contributed by atoms with Crippen LogP contribution in [-0.2, 0) is 14.8 Å². The van der Waals surface area contributed by atoms with E-state index >= 15 is 0 Å². The lowest BCUT2D eigenvalue weighted by Crippen LogP contribution is -2.45. The highest BCUT2D eigenvalue weighted by atomic mass is 32.2. The first-order chi connectivity index (χ1) is 11.8. The molecular weight excluding hydrogens is 340 g/mol. The van der Waals surface area contributed by atoms with Crippen molar-refractivity contribution in [1.82, 2.24) is 9.62 Å². The third-order valence-electron chi connectivity index (χ3n) is 4.99. The van der Waals surface area contributed by atoms with Gasteiger partial charge in [0.25, 0.3) is 0 Å². The molecule has 1 heterocycles. The SMILES string of the molecule is COc1cc(C)c(S(=O)(=O)N2CCC[C@H](C(=O)NC3CC3)C2)cc1C. The summed E-state index contributed by atoms with van der Waals surface area (Å²) in [5, 5.41) is 2.99. The van der Waals surface area contributed by atoms with Gasteiger partial charge in [-0.05, 0) is 62.8 Å². The molecule has 2 aliphatic rings. The van der Waals surface area contributed by atoms with Gasteiger partial charge in [-0.1, -0.05) is 0 Å². The van der Waals surface area contributed by atoms with Gasteiger partial charge in [0.2, 0.25) is 15.9 Å². The van der Waals surface area contributed by atoms with Crippen molar-refractivity contribution in [2.45, 2.75) is 50.5 Å². The fraction of sp³-hybridized carbons (Fsp3) is 0.611. The Bertz CT molecular complexity index is 772. The van der Waals surface area contributed by atoms with E-state index < -0.39 is 10.0 Å². The summed E-state index contributed by atoms with van der Waals surface area (Å²) in [4.78, 5) is 12.6. The molecule has 0 bridgehead atoms. The highest BCUT2D eigenvalue weighted by molar-refractivity contribution is 7.89. The number of nitrogens with zero attached hydrogens (tertiary/aromatic N) is 1. The second kappa shape index (κ2) is 6.96. The van der Waals surface area contributed by atoms with Crippen LogP contribution in [0.1, 0.15) is 36.8 Å². The van der Waals surface area contributed by atoms with E-state index in [0.29, 0.717) is 35.2 Å². The minimum atomic E-state index is -3.62. The number of carbonyl (C=O) groups is 1. The normalized spacial score (nSPS) is 21.8. The molecule has 1 saturated heterocycles. The van der Waals surface area contributed by atoms with Gasteiger partial charge in [0.15, 0.2) is 0 Å². The molecule has 0 radical (unpaired) electrons. The third-order valence-corrected chi connectivity index (χ3v) is 7.00. The molecule has 2 fully saturated rings. The molecule has 138 valence electrons. The number of amides is 1. The first-order valence-corrected chi connectivity index (χ1v) is 10.2. The van der Waals surface area contributed by atoms with Crippen LogP contribution in [0.5, 0.6) is 5.75 Å². The average molecular weight is 366 g/mol. The molecule has 0 unspecified atom stereocenters. The molecule has 0 aromatic heterocycles. The van der Waals surface area contributed by atoms with Crippen LogP contribution in [0.25, 0.3) is 0 Å². The lowest BCUT2D eigenvalue weighted by atomic mass is 9.99. The number of benzene rings is 1. The van der Waals surface area contributed by atoms with Crippen molar-refractivity contribution in [2.24, 2.45) is 5.92 Å². The predicted octanol–water partition coefficient (Wildman–Crippen LogP) is 1.99. The van der Waals surface area contributed by atoms with E-state index in [0.717, 1.165) is 24.8 Å². The van der Waals surface area contributed by atoms with E-state index in [2.05, 4.69) is 5.32 Å². The fourth-order valence-electron chi connectivity index (χ4n) is 3.32. The molecule has 25 heavy (non-hydrogen) atoms. The number of nitrogens with one attached hydrogen (secondary N) is 1. The van der Waals surface area contributed by atoms with E-state index in [1.165, 1.54) is 4.31 Å². The maximum Gasteiger partial charge on any atom is 0.243 e. The standard InChI is InChI=1S/C18H26N2O4S/c1-12-10-17(13(2)9-16(12)24-3)25(22,23)20-8-4-5-14(11-20)18(21)19-15-6-7-15/h9-10,14-15H,4-8,11H2,1-3H3,(H,19,21)/t14-/m0/s1. The number of rotatable bonds is 5. The zero-order chi connectivity index (χ0) is 18.2. The van der Waals surface area contributed by atoms with Crippen molar-refractivity contribution < 1.29 is 17.9 Å². The maximum atomic E-state index is 13.1. The highest BCUT2D eigenvalue weighted by Gasteiger charge is 2.35. The Morgan fingerprint density at radius 1 is 1.20 bits per heavy atom. The van der Waals surface area contributed by atoms with Crippen molar-refractivity contribution in [3.63, 3.8) is 0 Å². The highest BCUT2D eigenvalue weighted by Crippen LogP contribution is 2.30. The molecule has 1 N–H and O–H groups in total. The number of sulfonamides is 1. The Morgan fingerprint density at radius 3 is 2.56 bits per heavy atom. The molecule has 1 aromatic rings. The minimum absolute atomic E-state index is 0.00923. The molecule has 1 aliphatic heterocycles. The first kappa shape index (κ1) is 18.2. The van der Waals surface area contributed by atoms with Gasteiger partial charge in [-0.15, -0.1) is 0 Å². The van der Waals surface area contributed by atoms with Crippen LogP contribution in [0.3, 0.4) is 0 Å². The Kier molecular flexibility index (Phi) is 5.06. The molecule has 1 amide bonds. The molecule has 6 nitrogen and oxygen atoms in total. The summed E-state index contributed by atoms with van der Waals surface area (Å²) in [5.74, 6) is 0.408. The van der Waals surface area contributed by atoms with Crippen LogP contribution < -0.4 is 10.1 Å². The summed E-state index contributed by atoms with van der Waals surface area (Å²) in [7, 11) is -2.05. The summed E-state index contributed by atoms with van der Waals surface area (Å²) < 4.78 is 33.0. The van der Waals surface area contributed by atoms with Gasteiger partial charge in [-0.25, -0.2) is 8.42 Å². The van der Waals surface area contributed by atoms with Gasteiger partial charge in [-0.3, -0.25) is 4.79 Å². The zero-order valence-corrected chi connectivity index (χ0v) is 15.9. The summed E-state index contributed by atoms with van der Waals surface area (Å²) in [5.41, 5.74) is 1.44. The summed E-state index contributed by atoms with van der Waals surface area (Å²) >= 11 is 0. The van der Waals surface area contributed by atoms with Crippen molar-refractivity contribution in [1.29, 1.82) is 0 Å². The maximum absolute atomic E-state index is 13.1. The number of hydrogen-bond acceptors (Lipinski definition) is 4. The minimum Gasteiger partial charge on any atom is -0.496 e. The van der Waals surface area contributed by atoms with E-state index in [1.807, 2.05) is 6.92 Å². The largest absolute Gasteiger partial charge is 0.496 e. The number of aryl methyl sites for hydroxylation is 2. The monoisotopic (exact) mass is 366 g/mol. The molecule has 1 atom stereocenters. The van der Waals surface area contributed by atoms with Gasteiger partial charge in [0, 0.05) is 19.1 Å². The molecular formula is C18H26N2O4S. The quantitative estimate of drug-likeness (QED) is 0.865. The molecule has 3 rings (SSSR count). The van der Waals surface area contributed by atoms with E-state index in [-0.39, 0.29) is 18.4 Å². The van der Waals surface area contributed by atoms with Gasteiger partial charge in [-0.2, -0.15) is 4.31 Å². The molecule has 1 aliphatic carbocycles. The Balaban J connectivity index is 1.81. The Morgan fingerprint density at radius 2 is 1.92 bits per heavy atom. The second-order valence-electron chi connectivity index (χ2n) is 7.07. The van der Waals surface area contributed by atoms with E-state index in [4.69, 9.17) is 4.74 Å². The van der Waals surface area contributed by atoms with Crippen LogP contribution in [0, 0.1) is 19.8 Å². The van der Waals surface area contributed by atoms with E-state index in [9.17, 15) is 13.2 Å². The predicted molar refractivity (Wildman–Crippen MR) is 95.1 cm³/mol.